The molecule has 1 saturated carbocycles. The zero-order valence-corrected chi connectivity index (χ0v) is 18.4. The van der Waals surface area contributed by atoms with E-state index in [0.29, 0.717) is 22.9 Å². The van der Waals surface area contributed by atoms with Crippen molar-refractivity contribution in [1.82, 2.24) is 0 Å². The van der Waals surface area contributed by atoms with E-state index in [2.05, 4.69) is 17.4 Å². The number of carbonyl (C=O) groups excluding carboxylic acids is 2. The van der Waals surface area contributed by atoms with Gasteiger partial charge in [-0.15, -0.1) is 0 Å². The Labute approximate surface area is 186 Å². The molecule has 2 aromatic rings. The normalized spacial score (nSPS) is 17.2. The summed E-state index contributed by atoms with van der Waals surface area (Å²) in [6, 6.07) is 11.9. The summed E-state index contributed by atoms with van der Waals surface area (Å²) in [5, 5.41) is 4.74. The molecular formula is C23H24Cl2N2O3. The third-order valence-electron chi connectivity index (χ3n) is 6.27. The van der Waals surface area contributed by atoms with Crippen molar-refractivity contribution in [2.75, 3.05) is 30.4 Å². The first kappa shape index (κ1) is 21.0. The number of methoxy groups -OCH3 is 1. The zero-order valence-electron chi connectivity index (χ0n) is 16.8. The summed E-state index contributed by atoms with van der Waals surface area (Å²) in [7, 11) is 1.33. The molecule has 1 aliphatic carbocycles. The van der Waals surface area contributed by atoms with Crippen LogP contribution in [0, 0.1) is 0 Å². The van der Waals surface area contributed by atoms with Crippen LogP contribution >= 0.6 is 23.2 Å². The summed E-state index contributed by atoms with van der Waals surface area (Å²) >= 11 is 12.3. The molecule has 5 nitrogen and oxygen atoms in total. The third kappa shape index (κ3) is 4.01. The smallest absolute Gasteiger partial charge is 0.325 e. The number of rotatable bonds is 6. The first-order valence-corrected chi connectivity index (χ1v) is 10.9. The van der Waals surface area contributed by atoms with Crippen molar-refractivity contribution in [1.29, 1.82) is 0 Å². The topological polar surface area (TPSA) is 58.6 Å². The van der Waals surface area contributed by atoms with Crippen LogP contribution < -0.4 is 10.2 Å². The van der Waals surface area contributed by atoms with E-state index in [0.717, 1.165) is 36.3 Å². The van der Waals surface area contributed by atoms with Crippen LogP contribution in [0.3, 0.4) is 0 Å². The fraction of sp³-hybridized carbons (Fsp3) is 0.391. The molecule has 7 heteroatoms. The first-order chi connectivity index (χ1) is 14.4. The summed E-state index contributed by atoms with van der Waals surface area (Å²) in [4.78, 5) is 25.5. The quantitative estimate of drug-likeness (QED) is 0.635. The number of fused-ring (bicyclic) bond motifs is 1. The lowest BCUT2D eigenvalue weighted by Gasteiger charge is -2.43. The molecule has 1 fully saturated rings. The van der Waals surface area contributed by atoms with Gasteiger partial charge in [0.1, 0.15) is 6.54 Å². The number of hydrogen-bond acceptors (Lipinski definition) is 4. The predicted molar refractivity (Wildman–Crippen MR) is 120 cm³/mol. The van der Waals surface area contributed by atoms with Crippen molar-refractivity contribution in [2.24, 2.45) is 0 Å². The number of esters is 1. The number of nitrogens with zero attached hydrogens (tertiary/aromatic N) is 1. The van der Waals surface area contributed by atoms with E-state index >= 15 is 0 Å². The average molecular weight is 447 g/mol. The van der Waals surface area contributed by atoms with Crippen LogP contribution in [0.15, 0.2) is 36.4 Å². The molecule has 2 aliphatic rings. The Balaban J connectivity index is 1.51. The van der Waals surface area contributed by atoms with Gasteiger partial charge in [0, 0.05) is 29.8 Å². The molecule has 2 aromatic carbocycles. The van der Waals surface area contributed by atoms with Crippen molar-refractivity contribution >= 4 is 46.5 Å². The lowest BCUT2D eigenvalue weighted by Crippen LogP contribution is -2.41. The molecule has 1 heterocycles. The molecule has 30 heavy (non-hydrogen) atoms. The second-order valence-corrected chi connectivity index (χ2v) is 8.83. The highest BCUT2D eigenvalue weighted by atomic mass is 35.5. The zero-order chi connectivity index (χ0) is 21.3. The molecule has 0 radical (unpaired) electrons. The highest BCUT2D eigenvalue weighted by molar-refractivity contribution is 6.42. The van der Waals surface area contributed by atoms with Crippen LogP contribution in [0.5, 0.6) is 0 Å². The largest absolute Gasteiger partial charge is 0.468 e. The molecule has 1 amide bonds. The number of halogens is 2. The molecular weight excluding hydrogens is 423 g/mol. The highest BCUT2D eigenvalue weighted by Crippen LogP contribution is 2.45. The number of amides is 1. The molecule has 0 saturated heterocycles. The number of benzene rings is 2. The average Bonchev–Trinajstić information content (AvgIpc) is 2.71. The second kappa shape index (κ2) is 8.48. The molecule has 4 rings (SSSR count). The van der Waals surface area contributed by atoms with Gasteiger partial charge in [0.25, 0.3) is 0 Å². The Kier molecular flexibility index (Phi) is 5.94. The van der Waals surface area contributed by atoms with Crippen molar-refractivity contribution in [3.63, 3.8) is 0 Å². The van der Waals surface area contributed by atoms with Gasteiger partial charge in [-0.25, -0.2) is 0 Å². The third-order valence-corrected chi connectivity index (χ3v) is 7.01. The SMILES string of the molecule is COC(=O)CN1C(=O)CCc2cc(NCC3(c4ccc(Cl)c(Cl)c4)CCC3)ccc21. The maximum absolute atomic E-state index is 12.3. The lowest BCUT2D eigenvalue weighted by molar-refractivity contribution is -0.140. The lowest BCUT2D eigenvalue weighted by atomic mass is 9.64. The maximum Gasteiger partial charge on any atom is 0.325 e. The van der Waals surface area contributed by atoms with Gasteiger partial charge < -0.3 is 15.0 Å². The molecule has 0 bridgehead atoms. The summed E-state index contributed by atoms with van der Waals surface area (Å²) < 4.78 is 4.73. The van der Waals surface area contributed by atoms with Gasteiger partial charge in [-0.1, -0.05) is 35.7 Å². The van der Waals surface area contributed by atoms with Gasteiger partial charge in [-0.3, -0.25) is 9.59 Å². The Morgan fingerprint density at radius 2 is 1.93 bits per heavy atom. The van der Waals surface area contributed by atoms with E-state index in [1.165, 1.54) is 24.0 Å². The molecule has 0 aromatic heterocycles. The van der Waals surface area contributed by atoms with Gasteiger partial charge in [-0.05, 0) is 60.7 Å². The van der Waals surface area contributed by atoms with Crippen molar-refractivity contribution in [3.05, 3.63) is 57.6 Å². The van der Waals surface area contributed by atoms with Crippen LogP contribution in [-0.2, 0) is 26.2 Å². The van der Waals surface area contributed by atoms with E-state index in [-0.39, 0.29) is 17.9 Å². The summed E-state index contributed by atoms with van der Waals surface area (Å²) in [5.41, 5.74) is 4.11. The van der Waals surface area contributed by atoms with Crippen LogP contribution in [-0.4, -0.2) is 32.1 Å². The Morgan fingerprint density at radius 1 is 1.13 bits per heavy atom. The van der Waals surface area contributed by atoms with Gasteiger partial charge in [0.05, 0.1) is 17.2 Å². The highest BCUT2D eigenvalue weighted by Gasteiger charge is 2.38. The van der Waals surface area contributed by atoms with Crippen LogP contribution in [0.4, 0.5) is 11.4 Å². The van der Waals surface area contributed by atoms with Gasteiger partial charge >= 0.3 is 5.97 Å². The number of hydrogen-bond donors (Lipinski definition) is 1. The molecule has 0 spiro atoms. The van der Waals surface area contributed by atoms with Crippen molar-refractivity contribution in [2.45, 2.75) is 37.5 Å². The van der Waals surface area contributed by atoms with Gasteiger partial charge in [0.15, 0.2) is 0 Å². The number of ether oxygens (including phenoxy) is 1. The minimum absolute atomic E-state index is 0.0526. The van der Waals surface area contributed by atoms with E-state index in [9.17, 15) is 9.59 Å². The molecule has 0 atom stereocenters. The van der Waals surface area contributed by atoms with Crippen LogP contribution in [0.1, 0.15) is 36.8 Å². The standard InChI is InChI=1S/C23H24Cl2N2O3/c1-30-22(29)13-27-20-7-5-17(11-15(20)3-8-21(27)28)26-14-23(9-2-10-23)16-4-6-18(24)19(25)12-16/h4-7,11-12,26H,2-3,8-10,13-14H2,1H3. The minimum Gasteiger partial charge on any atom is -0.468 e. The Bertz CT molecular complexity index is 988. The number of anilines is 2. The molecule has 158 valence electrons. The van der Waals surface area contributed by atoms with E-state index in [4.69, 9.17) is 27.9 Å². The fourth-order valence-corrected chi connectivity index (χ4v) is 4.60. The molecule has 1 aliphatic heterocycles. The Morgan fingerprint density at radius 3 is 2.60 bits per heavy atom. The summed E-state index contributed by atoms with van der Waals surface area (Å²) in [6.45, 7) is 0.740. The Hall–Kier alpha value is -2.24. The molecule has 0 unspecified atom stereocenters. The van der Waals surface area contributed by atoms with E-state index in [1.807, 2.05) is 24.3 Å². The first-order valence-electron chi connectivity index (χ1n) is 10.1. The monoisotopic (exact) mass is 446 g/mol. The predicted octanol–water partition coefficient (Wildman–Crippen LogP) is 4.98. The maximum atomic E-state index is 12.3. The van der Waals surface area contributed by atoms with Crippen molar-refractivity contribution < 1.29 is 14.3 Å². The van der Waals surface area contributed by atoms with E-state index in [1.54, 1.807) is 0 Å². The second-order valence-electron chi connectivity index (χ2n) is 8.02. The summed E-state index contributed by atoms with van der Waals surface area (Å²) in [5.74, 6) is -0.478. The molecule has 1 N–H and O–H groups in total. The van der Waals surface area contributed by atoms with Crippen LogP contribution in [0.2, 0.25) is 10.0 Å². The van der Waals surface area contributed by atoms with Crippen molar-refractivity contribution in [3.8, 4) is 0 Å². The fourth-order valence-electron chi connectivity index (χ4n) is 4.31. The van der Waals surface area contributed by atoms with Gasteiger partial charge in [0.2, 0.25) is 5.91 Å². The van der Waals surface area contributed by atoms with E-state index < -0.39 is 5.97 Å². The number of carbonyl (C=O) groups is 2. The summed E-state index contributed by atoms with van der Waals surface area (Å²) in [6.07, 6.45) is 4.45. The van der Waals surface area contributed by atoms with Gasteiger partial charge in [-0.2, -0.15) is 0 Å². The number of aryl methyl sites for hydroxylation is 1. The minimum atomic E-state index is -0.424. The number of nitrogens with one attached hydrogen (secondary N) is 1. The van der Waals surface area contributed by atoms with Crippen LogP contribution in [0.25, 0.3) is 0 Å².